The van der Waals surface area contributed by atoms with Gasteiger partial charge in [0.1, 0.15) is 0 Å². The molecule has 0 aromatic heterocycles. The number of carboxylic acids is 1. The van der Waals surface area contributed by atoms with Gasteiger partial charge < -0.3 is 10.4 Å². The van der Waals surface area contributed by atoms with E-state index in [1.165, 1.54) is 11.1 Å². The molecule has 21 heavy (non-hydrogen) atoms. The van der Waals surface area contributed by atoms with Crippen LogP contribution in [0.25, 0.3) is 0 Å². The fourth-order valence-electron chi connectivity index (χ4n) is 2.19. The Bertz CT molecular complexity index is 588. The highest BCUT2D eigenvalue weighted by atomic mass is 16.4. The van der Waals surface area contributed by atoms with Crippen LogP contribution in [-0.4, -0.2) is 11.1 Å². The average molecular weight is 283 g/mol. The molecule has 0 bridgehead atoms. The van der Waals surface area contributed by atoms with E-state index in [2.05, 4.69) is 43.4 Å². The lowest BCUT2D eigenvalue weighted by atomic mass is 10.1. The van der Waals surface area contributed by atoms with Crippen LogP contribution in [0.4, 0.5) is 0 Å². The zero-order valence-corrected chi connectivity index (χ0v) is 12.5. The first kappa shape index (κ1) is 15.3. The van der Waals surface area contributed by atoms with E-state index in [1.807, 2.05) is 24.3 Å². The van der Waals surface area contributed by atoms with E-state index in [-0.39, 0.29) is 12.5 Å². The summed E-state index contributed by atoms with van der Waals surface area (Å²) in [6, 6.07) is 16.5. The fraction of sp³-hybridized carbons (Fsp3) is 0.278. The average Bonchev–Trinajstić information content (AvgIpc) is 2.46. The van der Waals surface area contributed by atoms with Crippen molar-refractivity contribution in [2.45, 2.75) is 32.9 Å². The molecule has 0 aliphatic heterocycles. The van der Waals surface area contributed by atoms with Gasteiger partial charge in [0.2, 0.25) is 0 Å². The van der Waals surface area contributed by atoms with Gasteiger partial charge in [-0.05, 0) is 30.5 Å². The highest BCUT2D eigenvalue weighted by Gasteiger charge is 2.05. The number of carboxylic acid groups (broad SMARTS) is 1. The summed E-state index contributed by atoms with van der Waals surface area (Å²) in [4.78, 5) is 10.6. The lowest BCUT2D eigenvalue weighted by Crippen LogP contribution is -2.18. The molecule has 0 spiro atoms. The number of aryl methyl sites for hydroxylation is 1. The molecule has 0 saturated heterocycles. The minimum atomic E-state index is -0.797. The Kier molecular flexibility index (Phi) is 5.12. The van der Waals surface area contributed by atoms with Gasteiger partial charge in [-0.3, -0.25) is 4.79 Å². The van der Waals surface area contributed by atoms with Crippen LogP contribution in [0.15, 0.2) is 48.5 Å². The van der Waals surface area contributed by atoms with Gasteiger partial charge in [-0.1, -0.05) is 54.1 Å². The Morgan fingerprint density at radius 3 is 2.19 bits per heavy atom. The number of carbonyl (C=O) groups is 1. The maximum Gasteiger partial charge on any atom is 0.307 e. The summed E-state index contributed by atoms with van der Waals surface area (Å²) in [5, 5.41) is 12.2. The SMILES string of the molecule is Cc1ccc([C@H](C)NCc2ccc(CC(=O)O)cc2)cc1. The molecule has 0 radical (unpaired) electrons. The van der Waals surface area contributed by atoms with Gasteiger partial charge >= 0.3 is 5.97 Å². The largest absolute Gasteiger partial charge is 0.481 e. The Balaban J connectivity index is 1.90. The van der Waals surface area contributed by atoms with Gasteiger partial charge in [-0.25, -0.2) is 0 Å². The van der Waals surface area contributed by atoms with Gasteiger partial charge in [-0.15, -0.1) is 0 Å². The molecule has 0 fully saturated rings. The minimum absolute atomic E-state index is 0.0769. The molecule has 0 aliphatic carbocycles. The first-order valence-corrected chi connectivity index (χ1v) is 7.14. The number of nitrogens with one attached hydrogen (secondary N) is 1. The van der Waals surface area contributed by atoms with Crippen molar-refractivity contribution in [2.75, 3.05) is 0 Å². The molecule has 2 rings (SSSR count). The summed E-state index contributed by atoms with van der Waals surface area (Å²) in [6.07, 6.45) is 0.0769. The number of hydrogen-bond donors (Lipinski definition) is 2. The Morgan fingerprint density at radius 2 is 1.62 bits per heavy atom. The van der Waals surface area contributed by atoms with Crippen LogP contribution in [0.1, 0.15) is 35.2 Å². The van der Waals surface area contributed by atoms with E-state index in [1.54, 1.807) is 0 Å². The molecular formula is C18H21NO2. The monoisotopic (exact) mass is 283 g/mol. The van der Waals surface area contributed by atoms with Gasteiger partial charge in [-0.2, -0.15) is 0 Å². The number of hydrogen-bond acceptors (Lipinski definition) is 2. The topological polar surface area (TPSA) is 49.3 Å². The van der Waals surface area contributed by atoms with E-state index in [9.17, 15) is 4.79 Å². The fourth-order valence-corrected chi connectivity index (χ4v) is 2.19. The van der Waals surface area contributed by atoms with Gasteiger partial charge in [0, 0.05) is 12.6 Å². The molecule has 110 valence electrons. The van der Waals surface area contributed by atoms with Crippen LogP contribution in [0, 0.1) is 6.92 Å². The molecule has 0 amide bonds. The van der Waals surface area contributed by atoms with Crippen molar-refractivity contribution >= 4 is 5.97 Å². The van der Waals surface area contributed by atoms with Gasteiger partial charge in [0.05, 0.1) is 6.42 Å². The second-order valence-electron chi connectivity index (χ2n) is 5.40. The van der Waals surface area contributed by atoms with Gasteiger partial charge in [0.15, 0.2) is 0 Å². The normalized spacial score (nSPS) is 12.1. The van der Waals surface area contributed by atoms with Crippen LogP contribution < -0.4 is 5.32 Å². The molecule has 0 heterocycles. The highest BCUT2D eigenvalue weighted by Crippen LogP contribution is 2.14. The van der Waals surface area contributed by atoms with Crippen LogP contribution >= 0.6 is 0 Å². The van der Waals surface area contributed by atoms with Crippen molar-refractivity contribution in [1.29, 1.82) is 0 Å². The Morgan fingerprint density at radius 1 is 1.05 bits per heavy atom. The summed E-state index contributed by atoms with van der Waals surface area (Å²) >= 11 is 0. The predicted octanol–water partition coefficient (Wildman–Crippen LogP) is 3.47. The molecule has 1 atom stereocenters. The van der Waals surface area contributed by atoms with Crippen molar-refractivity contribution in [1.82, 2.24) is 5.32 Å². The van der Waals surface area contributed by atoms with Gasteiger partial charge in [0.25, 0.3) is 0 Å². The first-order valence-electron chi connectivity index (χ1n) is 7.14. The van der Waals surface area contributed by atoms with E-state index in [0.717, 1.165) is 17.7 Å². The predicted molar refractivity (Wildman–Crippen MR) is 84.2 cm³/mol. The van der Waals surface area contributed by atoms with E-state index in [0.29, 0.717) is 0 Å². The molecule has 3 heteroatoms. The molecule has 0 unspecified atom stereocenters. The van der Waals surface area contributed by atoms with Crippen molar-refractivity contribution < 1.29 is 9.90 Å². The van der Waals surface area contributed by atoms with Crippen LogP contribution in [-0.2, 0) is 17.8 Å². The zero-order chi connectivity index (χ0) is 15.2. The lowest BCUT2D eigenvalue weighted by Gasteiger charge is -2.14. The van der Waals surface area contributed by atoms with Crippen molar-refractivity contribution in [2.24, 2.45) is 0 Å². The van der Waals surface area contributed by atoms with E-state index >= 15 is 0 Å². The van der Waals surface area contributed by atoms with E-state index in [4.69, 9.17) is 5.11 Å². The van der Waals surface area contributed by atoms with Crippen LogP contribution in [0.3, 0.4) is 0 Å². The van der Waals surface area contributed by atoms with Crippen molar-refractivity contribution in [3.63, 3.8) is 0 Å². The van der Waals surface area contributed by atoms with Crippen molar-refractivity contribution in [3.05, 3.63) is 70.8 Å². The summed E-state index contributed by atoms with van der Waals surface area (Å²) < 4.78 is 0. The molecule has 3 nitrogen and oxygen atoms in total. The third kappa shape index (κ3) is 4.72. The Hall–Kier alpha value is -2.13. The van der Waals surface area contributed by atoms with Crippen molar-refractivity contribution in [3.8, 4) is 0 Å². The molecule has 0 aliphatic rings. The lowest BCUT2D eigenvalue weighted by molar-refractivity contribution is -0.136. The quantitative estimate of drug-likeness (QED) is 0.853. The van der Waals surface area contributed by atoms with Crippen LogP contribution in [0.5, 0.6) is 0 Å². The molecule has 2 aromatic carbocycles. The minimum Gasteiger partial charge on any atom is -0.481 e. The Labute approximate surface area is 125 Å². The van der Waals surface area contributed by atoms with E-state index < -0.39 is 5.97 Å². The number of benzene rings is 2. The smallest absolute Gasteiger partial charge is 0.307 e. The standard InChI is InChI=1S/C18H21NO2/c1-13-3-9-17(10-4-13)14(2)19-12-16-7-5-15(6-8-16)11-18(20)21/h3-10,14,19H,11-12H2,1-2H3,(H,20,21)/t14-/m0/s1. The maximum atomic E-state index is 10.6. The molecule has 2 aromatic rings. The highest BCUT2D eigenvalue weighted by molar-refractivity contribution is 5.70. The molecule has 2 N–H and O–H groups in total. The first-order chi connectivity index (χ1) is 10.0. The zero-order valence-electron chi connectivity index (χ0n) is 12.5. The summed E-state index contributed by atoms with van der Waals surface area (Å²) in [5.41, 5.74) is 4.52. The summed E-state index contributed by atoms with van der Waals surface area (Å²) in [7, 11) is 0. The second kappa shape index (κ2) is 7.04. The third-order valence-electron chi connectivity index (χ3n) is 3.57. The number of rotatable bonds is 6. The summed E-state index contributed by atoms with van der Waals surface area (Å²) in [5.74, 6) is -0.797. The summed E-state index contributed by atoms with van der Waals surface area (Å²) in [6.45, 7) is 4.99. The number of aliphatic carboxylic acids is 1. The van der Waals surface area contributed by atoms with Crippen LogP contribution in [0.2, 0.25) is 0 Å². The maximum absolute atomic E-state index is 10.6. The second-order valence-corrected chi connectivity index (χ2v) is 5.40. The third-order valence-corrected chi connectivity index (χ3v) is 3.57. The molecular weight excluding hydrogens is 262 g/mol. The molecule has 0 saturated carbocycles.